The molecule has 1 aromatic carbocycles. The first-order valence-electron chi connectivity index (χ1n) is 8.19. The van der Waals surface area contributed by atoms with Gasteiger partial charge in [0.2, 0.25) is 0 Å². The Morgan fingerprint density at radius 2 is 1.96 bits per heavy atom. The zero-order valence-corrected chi connectivity index (χ0v) is 15.1. The maximum Gasteiger partial charge on any atom is 0.161 e. The van der Waals surface area contributed by atoms with E-state index in [1.807, 2.05) is 18.2 Å². The van der Waals surface area contributed by atoms with Gasteiger partial charge in [0.05, 0.1) is 26.9 Å². The van der Waals surface area contributed by atoms with Gasteiger partial charge in [0.25, 0.3) is 0 Å². The van der Waals surface area contributed by atoms with Crippen molar-refractivity contribution >= 4 is 0 Å². The number of hydrogen-bond acceptors (Lipinski definition) is 5. The largest absolute Gasteiger partial charge is 0.493 e. The predicted octanol–water partition coefficient (Wildman–Crippen LogP) is 2.32. The van der Waals surface area contributed by atoms with Crippen LogP contribution in [0.15, 0.2) is 18.2 Å². The van der Waals surface area contributed by atoms with Crippen LogP contribution in [-0.2, 0) is 11.3 Å². The second-order valence-electron chi connectivity index (χ2n) is 5.75. The highest BCUT2D eigenvalue weighted by Gasteiger charge is 2.18. The second kappa shape index (κ2) is 10.9. The molecule has 134 valence electrons. The molecular formula is C19H29NO4. The van der Waals surface area contributed by atoms with Crippen molar-refractivity contribution in [2.75, 3.05) is 34.0 Å². The van der Waals surface area contributed by atoms with Gasteiger partial charge in [-0.1, -0.05) is 18.9 Å². The van der Waals surface area contributed by atoms with Crippen LogP contribution in [0.4, 0.5) is 0 Å². The van der Waals surface area contributed by atoms with Crippen LogP contribution in [-0.4, -0.2) is 56.1 Å². The Balaban J connectivity index is 2.77. The molecule has 2 atom stereocenters. The molecule has 5 heteroatoms. The molecule has 0 unspecified atom stereocenters. The van der Waals surface area contributed by atoms with Crippen LogP contribution < -0.4 is 9.47 Å². The number of ether oxygens (including phenoxy) is 3. The number of methoxy groups -OCH3 is 2. The summed E-state index contributed by atoms with van der Waals surface area (Å²) in [5.74, 6) is 3.81. The molecule has 0 spiro atoms. The Hall–Kier alpha value is -1.74. The molecule has 1 aromatic rings. The number of rotatable bonds is 11. The van der Waals surface area contributed by atoms with Crippen LogP contribution in [0.2, 0.25) is 0 Å². The SMILES string of the molecule is C#CCOC[C@H](O)CN(Cc1ccc(OC)c(OC)c1)[C@@H](C)CC. The minimum Gasteiger partial charge on any atom is -0.493 e. The minimum absolute atomic E-state index is 0.218. The number of hydrogen-bond donors (Lipinski definition) is 1. The van der Waals surface area contributed by atoms with Gasteiger partial charge in [-0.25, -0.2) is 0 Å². The summed E-state index contributed by atoms with van der Waals surface area (Å²) in [5.41, 5.74) is 1.10. The van der Waals surface area contributed by atoms with E-state index >= 15 is 0 Å². The fourth-order valence-corrected chi connectivity index (χ4v) is 2.45. The van der Waals surface area contributed by atoms with Crippen LogP contribution >= 0.6 is 0 Å². The van der Waals surface area contributed by atoms with Crippen LogP contribution in [0.1, 0.15) is 25.8 Å². The quantitative estimate of drug-likeness (QED) is 0.497. The van der Waals surface area contributed by atoms with Crippen molar-refractivity contribution in [2.24, 2.45) is 0 Å². The smallest absolute Gasteiger partial charge is 0.161 e. The van der Waals surface area contributed by atoms with Crippen molar-refractivity contribution in [1.82, 2.24) is 4.90 Å². The maximum absolute atomic E-state index is 10.2. The molecule has 0 saturated heterocycles. The Labute approximate surface area is 145 Å². The van der Waals surface area contributed by atoms with Gasteiger partial charge in [-0.2, -0.15) is 0 Å². The van der Waals surface area contributed by atoms with Crippen LogP contribution in [0, 0.1) is 12.3 Å². The number of nitrogens with zero attached hydrogens (tertiary/aromatic N) is 1. The van der Waals surface area contributed by atoms with E-state index < -0.39 is 6.10 Å². The van der Waals surface area contributed by atoms with Crippen molar-refractivity contribution in [2.45, 2.75) is 39.0 Å². The Morgan fingerprint density at radius 1 is 1.25 bits per heavy atom. The average molecular weight is 335 g/mol. The Morgan fingerprint density at radius 3 is 2.54 bits per heavy atom. The molecule has 0 saturated carbocycles. The third-order valence-corrected chi connectivity index (χ3v) is 3.99. The standard InChI is InChI=1S/C19H29NO4/c1-6-10-24-14-17(21)13-20(15(3)7-2)12-16-8-9-18(22-4)19(11-16)23-5/h1,8-9,11,15,17,21H,7,10,12-14H2,2-5H3/t15-,17+/m0/s1. The lowest BCUT2D eigenvalue weighted by Gasteiger charge is -2.30. The van der Waals surface area contributed by atoms with Gasteiger partial charge in [-0.15, -0.1) is 6.42 Å². The van der Waals surface area contributed by atoms with E-state index in [-0.39, 0.29) is 13.2 Å². The van der Waals surface area contributed by atoms with Gasteiger partial charge in [-0.05, 0) is 31.0 Å². The number of aliphatic hydroxyl groups is 1. The molecule has 1 rings (SSSR count). The summed E-state index contributed by atoms with van der Waals surface area (Å²) in [6.45, 7) is 5.97. The highest BCUT2D eigenvalue weighted by molar-refractivity contribution is 5.42. The fourth-order valence-electron chi connectivity index (χ4n) is 2.45. The highest BCUT2D eigenvalue weighted by atomic mass is 16.5. The maximum atomic E-state index is 10.2. The average Bonchev–Trinajstić information content (AvgIpc) is 2.60. The van der Waals surface area contributed by atoms with Crippen LogP contribution in [0.3, 0.4) is 0 Å². The zero-order valence-electron chi connectivity index (χ0n) is 15.1. The van der Waals surface area contributed by atoms with Gasteiger partial charge < -0.3 is 19.3 Å². The summed E-state index contributed by atoms with van der Waals surface area (Å²) in [5, 5.41) is 10.2. The van der Waals surface area contributed by atoms with E-state index in [0.717, 1.165) is 12.0 Å². The molecule has 0 heterocycles. The molecular weight excluding hydrogens is 306 g/mol. The molecule has 0 aliphatic heterocycles. The predicted molar refractivity (Wildman–Crippen MR) is 95.4 cm³/mol. The normalized spacial score (nSPS) is 13.4. The first-order chi connectivity index (χ1) is 11.5. The molecule has 0 aromatic heterocycles. The van der Waals surface area contributed by atoms with Gasteiger partial charge in [0.1, 0.15) is 6.61 Å². The third-order valence-electron chi connectivity index (χ3n) is 3.99. The van der Waals surface area contributed by atoms with Crippen molar-refractivity contribution in [3.05, 3.63) is 23.8 Å². The Kier molecular flexibility index (Phi) is 9.24. The number of terminal acetylenes is 1. The molecule has 0 bridgehead atoms. The topological polar surface area (TPSA) is 51.2 Å². The number of benzene rings is 1. The van der Waals surface area contributed by atoms with E-state index in [1.54, 1.807) is 14.2 Å². The summed E-state index contributed by atoms with van der Waals surface area (Å²) >= 11 is 0. The Bertz CT molecular complexity index is 527. The lowest BCUT2D eigenvalue weighted by molar-refractivity contribution is 0.0170. The van der Waals surface area contributed by atoms with Gasteiger partial charge in [0.15, 0.2) is 11.5 Å². The lowest BCUT2D eigenvalue weighted by atomic mass is 10.1. The molecule has 1 N–H and O–H groups in total. The summed E-state index contributed by atoms with van der Waals surface area (Å²) in [6.07, 6.45) is 5.56. The van der Waals surface area contributed by atoms with Crippen LogP contribution in [0.5, 0.6) is 11.5 Å². The summed E-state index contributed by atoms with van der Waals surface area (Å²) in [4.78, 5) is 2.23. The van der Waals surface area contributed by atoms with E-state index in [9.17, 15) is 5.11 Å². The molecule has 0 fully saturated rings. The van der Waals surface area contributed by atoms with E-state index in [0.29, 0.717) is 30.6 Å². The summed E-state index contributed by atoms with van der Waals surface area (Å²) in [7, 11) is 3.25. The monoisotopic (exact) mass is 335 g/mol. The van der Waals surface area contributed by atoms with Gasteiger partial charge in [-0.3, -0.25) is 4.90 Å². The highest BCUT2D eigenvalue weighted by Crippen LogP contribution is 2.28. The zero-order chi connectivity index (χ0) is 17.9. The van der Waals surface area contributed by atoms with Crippen molar-refractivity contribution < 1.29 is 19.3 Å². The first kappa shape index (κ1) is 20.3. The van der Waals surface area contributed by atoms with E-state index in [2.05, 4.69) is 24.7 Å². The van der Waals surface area contributed by atoms with E-state index in [1.165, 1.54) is 0 Å². The first-order valence-corrected chi connectivity index (χ1v) is 8.19. The lowest BCUT2D eigenvalue weighted by Crippen LogP contribution is -2.40. The summed E-state index contributed by atoms with van der Waals surface area (Å²) < 4.78 is 15.9. The second-order valence-corrected chi connectivity index (χ2v) is 5.75. The molecule has 0 aliphatic carbocycles. The van der Waals surface area contributed by atoms with Gasteiger partial charge >= 0.3 is 0 Å². The molecule has 24 heavy (non-hydrogen) atoms. The molecule has 5 nitrogen and oxygen atoms in total. The minimum atomic E-state index is -0.576. The van der Waals surface area contributed by atoms with Crippen molar-refractivity contribution in [1.29, 1.82) is 0 Å². The molecule has 0 aliphatic rings. The van der Waals surface area contributed by atoms with Gasteiger partial charge in [0, 0.05) is 19.1 Å². The van der Waals surface area contributed by atoms with Crippen LogP contribution in [0.25, 0.3) is 0 Å². The summed E-state index contributed by atoms with van der Waals surface area (Å²) in [6, 6.07) is 6.21. The van der Waals surface area contributed by atoms with E-state index in [4.69, 9.17) is 20.6 Å². The fraction of sp³-hybridized carbons (Fsp3) is 0.579. The third kappa shape index (κ3) is 6.40. The number of aliphatic hydroxyl groups excluding tert-OH is 1. The van der Waals surface area contributed by atoms with Crippen molar-refractivity contribution in [3.63, 3.8) is 0 Å². The molecule has 0 radical (unpaired) electrons. The molecule has 0 amide bonds. The van der Waals surface area contributed by atoms with Crippen molar-refractivity contribution in [3.8, 4) is 23.8 Å².